The zero-order valence-electron chi connectivity index (χ0n) is 11.2. The lowest BCUT2D eigenvalue weighted by molar-refractivity contribution is -0.0483. The van der Waals surface area contributed by atoms with E-state index in [0.717, 1.165) is 12.3 Å². The van der Waals surface area contributed by atoms with Gasteiger partial charge in [-0.1, -0.05) is 31.0 Å². The van der Waals surface area contributed by atoms with Crippen LogP contribution in [0.3, 0.4) is 0 Å². The molecular weight excluding hydrogens is 226 g/mol. The van der Waals surface area contributed by atoms with Gasteiger partial charge in [-0.25, -0.2) is 0 Å². The molecule has 0 heterocycles. The Hall–Kier alpha value is -1.06. The van der Waals surface area contributed by atoms with E-state index in [4.69, 9.17) is 9.47 Å². The van der Waals surface area contributed by atoms with E-state index in [9.17, 15) is 0 Å². The molecule has 0 saturated heterocycles. The predicted octanol–water partition coefficient (Wildman–Crippen LogP) is 2.61. The number of hydrogen-bond donors (Lipinski definition) is 1. The van der Waals surface area contributed by atoms with Crippen LogP contribution in [0.1, 0.15) is 25.7 Å². The first-order valence-corrected chi connectivity index (χ1v) is 6.81. The Balaban J connectivity index is 1.71. The summed E-state index contributed by atoms with van der Waals surface area (Å²) in [4.78, 5) is 0. The van der Waals surface area contributed by atoms with Crippen molar-refractivity contribution in [2.75, 3.05) is 26.8 Å². The molecule has 1 aromatic rings. The first kappa shape index (κ1) is 13.4. The summed E-state index contributed by atoms with van der Waals surface area (Å²) < 4.78 is 11.7. The van der Waals surface area contributed by atoms with Gasteiger partial charge in [-0.2, -0.15) is 0 Å². The van der Waals surface area contributed by atoms with Gasteiger partial charge in [0.25, 0.3) is 0 Å². The summed E-state index contributed by atoms with van der Waals surface area (Å²) in [6, 6.07) is 9.90. The van der Waals surface area contributed by atoms with Gasteiger partial charge in [0.05, 0.1) is 12.2 Å². The number of likely N-dealkylation sites (N-methyl/N-ethyl adjacent to an activating group) is 1. The van der Waals surface area contributed by atoms with Crippen LogP contribution in [-0.4, -0.2) is 32.4 Å². The third kappa shape index (κ3) is 3.72. The van der Waals surface area contributed by atoms with Crippen LogP contribution in [0, 0.1) is 0 Å². The third-order valence-electron chi connectivity index (χ3n) is 3.52. The molecule has 1 aromatic carbocycles. The molecule has 0 bridgehead atoms. The molecule has 0 unspecified atom stereocenters. The normalized spacial score (nSPS) is 17.8. The van der Waals surface area contributed by atoms with Crippen LogP contribution in [0.15, 0.2) is 30.3 Å². The summed E-state index contributed by atoms with van der Waals surface area (Å²) in [6.07, 6.45) is 4.89. The zero-order chi connectivity index (χ0) is 12.7. The Labute approximate surface area is 109 Å². The maximum absolute atomic E-state index is 6.07. The number of ether oxygens (including phenoxy) is 2. The van der Waals surface area contributed by atoms with Crippen molar-refractivity contribution in [2.45, 2.75) is 31.3 Å². The fourth-order valence-corrected chi connectivity index (χ4v) is 2.65. The summed E-state index contributed by atoms with van der Waals surface area (Å²) in [5, 5.41) is 3.24. The lowest BCUT2D eigenvalue weighted by atomic mass is 10.0. The summed E-state index contributed by atoms with van der Waals surface area (Å²) >= 11 is 0. The molecule has 1 saturated carbocycles. The van der Waals surface area contributed by atoms with Crippen LogP contribution < -0.4 is 10.1 Å². The number of rotatable bonds is 7. The molecule has 0 aromatic heterocycles. The second kappa shape index (κ2) is 6.76. The Morgan fingerprint density at radius 2 is 1.83 bits per heavy atom. The average molecular weight is 249 g/mol. The Morgan fingerprint density at radius 1 is 1.11 bits per heavy atom. The highest BCUT2D eigenvalue weighted by Gasteiger charge is 2.33. The molecule has 1 aliphatic rings. The van der Waals surface area contributed by atoms with Gasteiger partial charge < -0.3 is 14.8 Å². The van der Waals surface area contributed by atoms with Crippen molar-refractivity contribution < 1.29 is 9.47 Å². The molecule has 1 fully saturated rings. The predicted molar refractivity (Wildman–Crippen MR) is 73.0 cm³/mol. The fourth-order valence-electron chi connectivity index (χ4n) is 2.65. The van der Waals surface area contributed by atoms with Crippen LogP contribution >= 0.6 is 0 Å². The summed E-state index contributed by atoms with van der Waals surface area (Å²) in [7, 11) is 1.99. The molecule has 1 aliphatic carbocycles. The lowest BCUT2D eigenvalue weighted by Gasteiger charge is -2.29. The number of nitrogens with one attached hydrogen (secondary N) is 1. The smallest absolute Gasteiger partial charge is 0.119 e. The average Bonchev–Trinajstić information content (AvgIpc) is 2.86. The van der Waals surface area contributed by atoms with E-state index in [0.29, 0.717) is 13.2 Å². The zero-order valence-corrected chi connectivity index (χ0v) is 11.2. The minimum absolute atomic E-state index is 0.0504. The second-order valence-electron chi connectivity index (χ2n) is 4.93. The van der Waals surface area contributed by atoms with Crippen molar-refractivity contribution in [3.8, 4) is 5.75 Å². The largest absolute Gasteiger partial charge is 0.491 e. The van der Waals surface area contributed by atoms with Crippen LogP contribution in [0.2, 0.25) is 0 Å². The van der Waals surface area contributed by atoms with Gasteiger partial charge >= 0.3 is 0 Å². The van der Waals surface area contributed by atoms with Crippen molar-refractivity contribution in [2.24, 2.45) is 0 Å². The summed E-state index contributed by atoms with van der Waals surface area (Å²) in [5.74, 6) is 0.912. The van der Waals surface area contributed by atoms with Crippen molar-refractivity contribution in [1.82, 2.24) is 5.32 Å². The van der Waals surface area contributed by atoms with E-state index in [-0.39, 0.29) is 5.60 Å². The van der Waals surface area contributed by atoms with Gasteiger partial charge in [0.2, 0.25) is 0 Å². The molecule has 3 nitrogen and oxygen atoms in total. The standard InChI is InChI=1S/C15H23NO2/c1-16-13-15(9-5-6-10-15)18-12-11-17-14-7-3-2-4-8-14/h2-4,7-8,16H,5-6,9-13H2,1H3. The summed E-state index contributed by atoms with van der Waals surface area (Å²) in [6.45, 7) is 2.23. The number of para-hydroxylation sites is 1. The van der Waals surface area contributed by atoms with Gasteiger partial charge in [0, 0.05) is 6.54 Å². The monoisotopic (exact) mass is 249 g/mol. The molecule has 0 spiro atoms. The Morgan fingerprint density at radius 3 is 2.50 bits per heavy atom. The van der Waals surface area contributed by atoms with Crippen LogP contribution in [-0.2, 0) is 4.74 Å². The minimum atomic E-state index is 0.0504. The lowest BCUT2D eigenvalue weighted by Crippen LogP contribution is -2.40. The van der Waals surface area contributed by atoms with Gasteiger partial charge in [-0.05, 0) is 32.0 Å². The van der Waals surface area contributed by atoms with Crippen molar-refractivity contribution in [3.63, 3.8) is 0 Å². The van der Waals surface area contributed by atoms with E-state index in [2.05, 4.69) is 5.32 Å². The maximum atomic E-state index is 6.07. The molecule has 100 valence electrons. The first-order chi connectivity index (χ1) is 8.85. The molecule has 0 amide bonds. The van der Waals surface area contributed by atoms with Gasteiger partial charge in [0.1, 0.15) is 12.4 Å². The van der Waals surface area contributed by atoms with Crippen molar-refractivity contribution in [3.05, 3.63) is 30.3 Å². The highest BCUT2D eigenvalue weighted by Crippen LogP contribution is 2.32. The number of benzene rings is 1. The molecule has 3 heteroatoms. The SMILES string of the molecule is CNCC1(OCCOc2ccccc2)CCCC1. The molecule has 0 aliphatic heterocycles. The van der Waals surface area contributed by atoms with Crippen LogP contribution in [0.4, 0.5) is 0 Å². The third-order valence-corrected chi connectivity index (χ3v) is 3.52. The molecule has 2 rings (SSSR count). The van der Waals surface area contributed by atoms with E-state index < -0.39 is 0 Å². The van der Waals surface area contributed by atoms with E-state index >= 15 is 0 Å². The molecule has 0 radical (unpaired) electrons. The van der Waals surface area contributed by atoms with Crippen molar-refractivity contribution >= 4 is 0 Å². The highest BCUT2D eigenvalue weighted by molar-refractivity contribution is 5.20. The topological polar surface area (TPSA) is 30.5 Å². The molecule has 1 N–H and O–H groups in total. The van der Waals surface area contributed by atoms with E-state index in [1.807, 2.05) is 37.4 Å². The van der Waals surface area contributed by atoms with E-state index in [1.165, 1.54) is 25.7 Å². The highest BCUT2D eigenvalue weighted by atomic mass is 16.5. The van der Waals surface area contributed by atoms with Gasteiger partial charge in [-0.15, -0.1) is 0 Å². The Kier molecular flexibility index (Phi) is 5.02. The number of hydrogen-bond acceptors (Lipinski definition) is 3. The van der Waals surface area contributed by atoms with Crippen LogP contribution in [0.5, 0.6) is 5.75 Å². The summed E-state index contributed by atoms with van der Waals surface area (Å²) in [5.41, 5.74) is 0.0504. The quantitative estimate of drug-likeness (QED) is 0.754. The molecule has 0 atom stereocenters. The van der Waals surface area contributed by atoms with Gasteiger partial charge in [0.15, 0.2) is 0 Å². The maximum Gasteiger partial charge on any atom is 0.119 e. The molecular formula is C15H23NO2. The molecule has 18 heavy (non-hydrogen) atoms. The van der Waals surface area contributed by atoms with Crippen LogP contribution in [0.25, 0.3) is 0 Å². The Bertz CT molecular complexity index is 334. The van der Waals surface area contributed by atoms with Crippen molar-refractivity contribution in [1.29, 1.82) is 0 Å². The van der Waals surface area contributed by atoms with E-state index in [1.54, 1.807) is 0 Å². The second-order valence-corrected chi connectivity index (χ2v) is 4.93. The van der Waals surface area contributed by atoms with Gasteiger partial charge in [-0.3, -0.25) is 0 Å². The first-order valence-electron chi connectivity index (χ1n) is 6.81. The minimum Gasteiger partial charge on any atom is -0.491 e. The fraction of sp³-hybridized carbons (Fsp3) is 0.600.